The van der Waals surface area contributed by atoms with E-state index in [2.05, 4.69) is 0 Å². The predicted octanol–water partition coefficient (Wildman–Crippen LogP) is 5.24. The third kappa shape index (κ3) is 4.40. The van der Waals surface area contributed by atoms with Crippen LogP contribution in [0.1, 0.15) is 18.1 Å². The van der Waals surface area contributed by atoms with Gasteiger partial charge in [0, 0.05) is 35.0 Å². The van der Waals surface area contributed by atoms with E-state index in [0.717, 1.165) is 27.9 Å². The van der Waals surface area contributed by atoms with Crippen LogP contribution in [0, 0.1) is 23.0 Å². The second kappa shape index (κ2) is 9.29. The third-order valence-corrected chi connectivity index (χ3v) is 7.81. The van der Waals surface area contributed by atoms with E-state index in [-0.39, 0.29) is 33.0 Å². The molecule has 1 aromatic heterocycles. The van der Waals surface area contributed by atoms with Crippen LogP contribution in [-0.2, 0) is 26.2 Å². The Morgan fingerprint density at radius 3 is 2.50 bits per heavy atom. The number of carbonyl (C=O) groups excluding carboxylic acids is 1. The van der Waals surface area contributed by atoms with Crippen LogP contribution >= 0.6 is 11.8 Å². The Kier molecular flexibility index (Phi) is 6.41. The van der Waals surface area contributed by atoms with Gasteiger partial charge in [0.2, 0.25) is 0 Å². The summed E-state index contributed by atoms with van der Waals surface area (Å²) < 4.78 is 61.5. The first-order valence-corrected chi connectivity index (χ1v) is 12.1. The van der Waals surface area contributed by atoms with Crippen molar-refractivity contribution in [3.05, 3.63) is 89.6 Å². The fraction of sp³-hybridized carbons (Fsp3) is 0.0833. The van der Waals surface area contributed by atoms with Gasteiger partial charge in [-0.1, -0.05) is 30.0 Å². The number of halogens is 2. The van der Waals surface area contributed by atoms with Crippen LogP contribution < -0.4 is 0 Å². The number of esters is 1. The van der Waals surface area contributed by atoms with Crippen LogP contribution in [0.5, 0.6) is 0 Å². The molecule has 34 heavy (non-hydrogen) atoms. The highest BCUT2D eigenvalue weighted by molar-refractivity contribution is 7.99. The van der Waals surface area contributed by atoms with E-state index in [9.17, 15) is 17.6 Å². The first kappa shape index (κ1) is 23.5. The summed E-state index contributed by atoms with van der Waals surface area (Å²) in [5.41, 5.74) is 0.123. The average molecular weight is 499 g/mol. The lowest BCUT2D eigenvalue weighted by molar-refractivity contribution is -0.142. The van der Waals surface area contributed by atoms with Crippen molar-refractivity contribution in [2.24, 2.45) is 0 Å². The van der Waals surface area contributed by atoms with Gasteiger partial charge in [0.1, 0.15) is 24.3 Å². The molecule has 0 radical (unpaired) electrons. The number of fused-ring (bicyclic) bond motifs is 1. The van der Waals surface area contributed by atoms with Crippen molar-refractivity contribution in [2.45, 2.75) is 28.2 Å². The Labute approximate surface area is 198 Å². The van der Waals surface area contributed by atoms with Gasteiger partial charge in [0.05, 0.1) is 20.9 Å². The number of aromatic nitrogens is 1. The Hall–Kier alpha value is -3.68. The molecule has 1 heterocycles. The lowest BCUT2D eigenvalue weighted by atomic mass is 10.1. The number of nitriles is 1. The van der Waals surface area contributed by atoms with Crippen molar-refractivity contribution in [3.63, 3.8) is 0 Å². The maximum atomic E-state index is 15.4. The zero-order chi connectivity index (χ0) is 24.5. The molecule has 0 aliphatic carbocycles. The number of rotatable bonds is 6. The van der Waals surface area contributed by atoms with Gasteiger partial charge in [-0.2, -0.15) is 5.26 Å². The summed E-state index contributed by atoms with van der Waals surface area (Å²) in [6.45, 7) is 0.890. The largest absolute Gasteiger partial charge is 0.461 e. The van der Waals surface area contributed by atoms with Gasteiger partial charge >= 0.3 is 5.97 Å². The normalized spacial score (nSPS) is 11.4. The molecule has 4 rings (SSSR count). The second-order valence-corrected chi connectivity index (χ2v) is 10.1. The highest BCUT2D eigenvalue weighted by atomic mass is 32.2. The van der Waals surface area contributed by atoms with Crippen LogP contribution in [0.3, 0.4) is 0 Å². The summed E-state index contributed by atoms with van der Waals surface area (Å²) in [5.74, 6) is -2.06. The standard InChI is InChI=1S/C24H16F2N2O4S2/c1-15(29)32-14-20-19-9-10-28(34(30,31)18-5-3-2-4-6-18)23(19)12-22(26)24(20)33-17-7-8-21(25)16(11-17)13-27/h2-12H,14H2,1H3. The van der Waals surface area contributed by atoms with Gasteiger partial charge in [-0.3, -0.25) is 4.79 Å². The summed E-state index contributed by atoms with van der Waals surface area (Å²) in [5, 5.41) is 9.46. The summed E-state index contributed by atoms with van der Waals surface area (Å²) in [6.07, 6.45) is 1.31. The Morgan fingerprint density at radius 1 is 1.09 bits per heavy atom. The maximum absolute atomic E-state index is 15.4. The topological polar surface area (TPSA) is 89.2 Å². The lowest BCUT2D eigenvalue weighted by Gasteiger charge is -2.14. The molecule has 6 nitrogen and oxygen atoms in total. The summed E-state index contributed by atoms with van der Waals surface area (Å²) >= 11 is 0.916. The smallest absolute Gasteiger partial charge is 0.302 e. The molecule has 0 N–H and O–H groups in total. The van der Waals surface area contributed by atoms with Crippen molar-refractivity contribution >= 4 is 38.7 Å². The van der Waals surface area contributed by atoms with Crippen molar-refractivity contribution < 1.29 is 26.7 Å². The molecule has 0 amide bonds. The number of benzene rings is 3. The minimum atomic E-state index is -4.01. The third-order valence-electron chi connectivity index (χ3n) is 4.97. The minimum absolute atomic E-state index is 0.0308. The number of ether oxygens (including phenoxy) is 1. The Balaban J connectivity index is 1.89. The molecule has 3 aromatic carbocycles. The van der Waals surface area contributed by atoms with E-state index in [0.29, 0.717) is 10.3 Å². The molecule has 4 aromatic rings. The van der Waals surface area contributed by atoms with Gasteiger partial charge < -0.3 is 4.74 Å². The van der Waals surface area contributed by atoms with Crippen molar-refractivity contribution in [3.8, 4) is 6.07 Å². The molecular weight excluding hydrogens is 482 g/mol. The molecule has 0 atom stereocenters. The van der Waals surface area contributed by atoms with E-state index < -0.39 is 27.6 Å². The van der Waals surface area contributed by atoms with Crippen LogP contribution in [0.25, 0.3) is 10.9 Å². The molecule has 0 unspecified atom stereocenters. The van der Waals surface area contributed by atoms with Gasteiger partial charge in [0.15, 0.2) is 0 Å². The van der Waals surface area contributed by atoms with Crippen LogP contribution in [-0.4, -0.2) is 18.4 Å². The highest BCUT2D eigenvalue weighted by Crippen LogP contribution is 2.39. The zero-order valence-corrected chi connectivity index (χ0v) is 19.3. The van der Waals surface area contributed by atoms with E-state index in [1.807, 2.05) is 0 Å². The number of hydrogen-bond donors (Lipinski definition) is 0. The summed E-state index contributed by atoms with van der Waals surface area (Å²) in [6, 6.07) is 15.8. The van der Waals surface area contributed by atoms with Crippen LogP contribution in [0.15, 0.2) is 81.5 Å². The van der Waals surface area contributed by atoms with E-state index >= 15 is 4.39 Å². The Morgan fingerprint density at radius 2 is 1.82 bits per heavy atom. The van der Waals surface area contributed by atoms with Crippen molar-refractivity contribution in [2.75, 3.05) is 0 Å². The quantitative estimate of drug-likeness (QED) is 0.338. The Bertz CT molecular complexity index is 1560. The number of carbonyl (C=O) groups is 1. The molecule has 0 aliphatic rings. The van der Waals surface area contributed by atoms with Gasteiger partial charge in [0.25, 0.3) is 10.0 Å². The van der Waals surface area contributed by atoms with Gasteiger partial charge in [-0.25, -0.2) is 21.2 Å². The van der Waals surface area contributed by atoms with E-state index in [1.165, 1.54) is 43.5 Å². The number of nitrogens with zero attached hydrogens (tertiary/aromatic N) is 2. The second-order valence-electron chi connectivity index (χ2n) is 7.16. The fourth-order valence-electron chi connectivity index (χ4n) is 3.39. The molecule has 0 saturated carbocycles. The van der Waals surface area contributed by atoms with Gasteiger partial charge in [-0.05, 0) is 36.4 Å². The maximum Gasteiger partial charge on any atom is 0.302 e. The molecule has 10 heteroatoms. The van der Waals surface area contributed by atoms with Crippen molar-refractivity contribution in [1.82, 2.24) is 3.97 Å². The minimum Gasteiger partial charge on any atom is -0.461 e. The van der Waals surface area contributed by atoms with Crippen molar-refractivity contribution in [1.29, 1.82) is 5.26 Å². The molecule has 0 spiro atoms. The summed E-state index contributed by atoms with van der Waals surface area (Å²) in [7, 11) is -4.01. The van der Waals surface area contributed by atoms with E-state index in [4.69, 9.17) is 10.00 Å². The van der Waals surface area contributed by atoms with Gasteiger partial charge in [-0.15, -0.1) is 0 Å². The molecule has 0 saturated heterocycles. The van der Waals surface area contributed by atoms with Crippen LogP contribution in [0.2, 0.25) is 0 Å². The average Bonchev–Trinajstić information content (AvgIpc) is 3.24. The monoisotopic (exact) mass is 498 g/mol. The number of hydrogen-bond acceptors (Lipinski definition) is 6. The van der Waals surface area contributed by atoms with Crippen LogP contribution in [0.4, 0.5) is 8.78 Å². The molecule has 172 valence electrons. The first-order valence-electron chi connectivity index (χ1n) is 9.86. The zero-order valence-electron chi connectivity index (χ0n) is 17.7. The molecule has 0 fully saturated rings. The predicted molar refractivity (Wildman–Crippen MR) is 122 cm³/mol. The SMILES string of the molecule is CC(=O)OCc1c(Sc2ccc(F)c(C#N)c2)c(F)cc2c1ccn2S(=O)(=O)c1ccccc1. The molecular formula is C24H16F2N2O4S2. The van der Waals surface area contributed by atoms with E-state index in [1.54, 1.807) is 24.3 Å². The first-order chi connectivity index (χ1) is 16.2. The highest BCUT2D eigenvalue weighted by Gasteiger charge is 2.24. The molecule has 0 aliphatic heterocycles. The molecule has 0 bridgehead atoms. The lowest BCUT2D eigenvalue weighted by Crippen LogP contribution is -2.12. The fourth-order valence-corrected chi connectivity index (χ4v) is 5.75. The summed E-state index contributed by atoms with van der Waals surface area (Å²) in [4.78, 5) is 12.0.